The SMILES string of the molecule is O=C1C[C@@H](c2ccccc2)c2cnn(-c3cccc(Cl)c3)c2N1. The van der Waals surface area contributed by atoms with E-state index in [1.165, 1.54) is 0 Å². The van der Waals surface area contributed by atoms with E-state index in [4.69, 9.17) is 11.6 Å². The molecule has 23 heavy (non-hydrogen) atoms. The molecule has 4 rings (SSSR count). The summed E-state index contributed by atoms with van der Waals surface area (Å²) in [4.78, 5) is 12.2. The van der Waals surface area contributed by atoms with Gasteiger partial charge in [-0.1, -0.05) is 48.0 Å². The number of carbonyl (C=O) groups is 1. The van der Waals surface area contributed by atoms with Gasteiger partial charge in [-0.15, -0.1) is 0 Å². The summed E-state index contributed by atoms with van der Waals surface area (Å²) in [6.07, 6.45) is 2.26. The normalized spacial score (nSPS) is 16.7. The topological polar surface area (TPSA) is 46.9 Å². The van der Waals surface area contributed by atoms with Crippen molar-refractivity contribution in [3.05, 3.63) is 76.9 Å². The minimum Gasteiger partial charge on any atom is -0.310 e. The number of halogens is 1. The van der Waals surface area contributed by atoms with Gasteiger partial charge >= 0.3 is 0 Å². The Labute approximate surface area is 138 Å². The summed E-state index contributed by atoms with van der Waals surface area (Å²) in [7, 11) is 0. The lowest BCUT2D eigenvalue weighted by molar-refractivity contribution is -0.116. The van der Waals surface area contributed by atoms with Gasteiger partial charge in [0.05, 0.1) is 11.9 Å². The predicted octanol–water partition coefficient (Wildman–Crippen LogP) is 4.00. The first kappa shape index (κ1) is 14.0. The highest BCUT2D eigenvalue weighted by Crippen LogP contribution is 2.38. The standard InChI is InChI=1S/C18H14ClN3O/c19-13-7-4-8-14(9-13)22-18-16(11-20-22)15(10-17(23)21-18)12-5-2-1-3-6-12/h1-9,11,15H,10H2,(H,21,23)/t15-/m0/s1. The van der Waals surface area contributed by atoms with Crippen molar-refractivity contribution >= 4 is 23.3 Å². The highest BCUT2D eigenvalue weighted by atomic mass is 35.5. The number of amides is 1. The molecule has 0 aliphatic carbocycles. The van der Waals surface area contributed by atoms with Crippen LogP contribution in [0, 0.1) is 0 Å². The van der Waals surface area contributed by atoms with Gasteiger partial charge in [-0.3, -0.25) is 4.79 Å². The van der Waals surface area contributed by atoms with Crippen molar-refractivity contribution in [3.8, 4) is 5.69 Å². The number of anilines is 1. The molecule has 1 aliphatic heterocycles. The Hall–Kier alpha value is -2.59. The summed E-state index contributed by atoms with van der Waals surface area (Å²) in [5.41, 5.74) is 2.97. The van der Waals surface area contributed by atoms with Crippen LogP contribution in [-0.4, -0.2) is 15.7 Å². The van der Waals surface area contributed by atoms with Crippen molar-refractivity contribution in [2.45, 2.75) is 12.3 Å². The summed E-state index contributed by atoms with van der Waals surface area (Å²) in [6.45, 7) is 0. The molecule has 0 spiro atoms. The Kier molecular flexibility index (Phi) is 3.39. The number of nitrogens with zero attached hydrogens (tertiary/aromatic N) is 2. The molecule has 2 aromatic carbocycles. The van der Waals surface area contributed by atoms with Gasteiger partial charge in [-0.2, -0.15) is 5.10 Å². The van der Waals surface area contributed by atoms with Gasteiger partial charge in [0.1, 0.15) is 5.82 Å². The lowest BCUT2D eigenvalue weighted by Gasteiger charge is -2.23. The summed E-state index contributed by atoms with van der Waals surface area (Å²) >= 11 is 6.07. The first-order valence-corrected chi connectivity index (χ1v) is 7.79. The zero-order valence-electron chi connectivity index (χ0n) is 12.2. The number of carbonyl (C=O) groups excluding carboxylic acids is 1. The van der Waals surface area contributed by atoms with Gasteiger partial charge in [0.2, 0.25) is 5.91 Å². The van der Waals surface area contributed by atoms with Crippen LogP contribution in [-0.2, 0) is 4.79 Å². The van der Waals surface area contributed by atoms with Gasteiger partial charge in [-0.05, 0) is 23.8 Å². The monoisotopic (exact) mass is 323 g/mol. The van der Waals surface area contributed by atoms with Gasteiger partial charge in [0.15, 0.2) is 0 Å². The molecule has 1 aromatic heterocycles. The van der Waals surface area contributed by atoms with Crippen LogP contribution in [0.2, 0.25) is 5.02 Å². The molecule has 0 bridgehead atoms. The van der Waals surface area contributed by atoms with Crippen molar-refractivity contribution in [3.63, 3.8) is 0 Å². The number of fused-ring (bicyclic) bond motifs is 1. The Morgan fingerprint density at radius 2 is 1.96 bits per heavy atom. The van der Waals surface area contributed by atoms with Crippen LogP contribution in [0.25, 0.3) is 5.69 Å². The molecule has 1 N–H and O–H groups in total. The number of rotatable bonds is 2. The van der Waals surface area contributed by atoms with E-state index in [0.29, 0.717) is 11.4 Å². The molecule has 2 heterocycles. The lowest BCUT2D eigenvalue weighted by atomic mass is 9.87. The fourth-order valence-electron chi connectivity index (χ4n) is 3.01. The maximum atomic E-state index is 12.2. The second kappa shape index (κ2) is 5.56. The van der Waals surface area contributed by atoms with Gasteiger partial charge in [0, 0.05) is 22.9 Å². The number of nitrogens with one attached hydrogen (secondary N) is 1. The Balaban J connectivity index is 1.83. The molecule has 0 saturated carbocycles. The fourth-order valence-corrected chi connectivity index (χ4v) is 3.19. The maximum Gasteiger partial charge on any atom is 0.226 e. The second-order valence-electron chi connectivity index (χ2n) is 5.56. The predicted molar refractivity (Wildman–Crippen MR) is 90.1 cm³/mol. The lowest BCUT2D eigenvalue weighted by Crippen LogP contribution is -2.24. The van der Waals surface area contributed by atoms with Crippen LogP contribution >= 0.6 is 11.6 Å². The first-order chi connectivity index (χ1) is 11.2. The summed E-state index contributed by atoms with van der Waals surface area (Å²) in [6, 6.07) is 17.5. The minimum absolute atomic E-state index is 0.00451. The first-order valence-electron chi connectivity index (χ1n) is 7.41. The minimum atomic E-state index is -0.00451. The summed E-state index contributed by atoms with van der Waals surface area (Å²) < 4.78 is 1.73. The van der Waals surface area contributed by atoms with E-state index in [0.717, 1.165) is 22.6 Å². The largest absolute Gasteiger partial charge is 0.310 e. The van der Waals surface area contributed by atoms with Crippen molar-refractivity contribution in [2.75, 3.05) is 5.32 Å². The van der Waals surface area contributed by atoms with Gasteiger partial charge < -0.3 is 5.32 Å². The number of aromatic nitrogens is 2. The summed E-state index contributed by atoms with van der Waals surface area (Å²) in [5.74, 6) is 0.736. The number of hydrogen-bond donors (Lipinski definition) is 1. The molecule has 0 fully saturated rings. The van der Waals surface area contributed by atoms with E-state index in [1.54, 1.807) is 4.68 Å². The van der Waals surface area contributed by atoms with Crippen LogP contribution in [0.5, 0.6) is 0 Å². The molecular formula is C18H14ClN3O. The highest BCUT2D eigenvalue weighted by Gasteiger charge is 2.30. The number of hydrogen-bond acceptors (Lipinski definition) is 2. The fraction of sp³-hybridized carbons (Fsp3) is 0.111. The van der Waals surface area contributed by atoms with E-state index in [1.807, 2.05) is 60.8 Å². The van der Waals surface area contributed by atoms with E-state index in [2.05, 4.69) is 10.4 Å². The van der Waals surface area contributed by atoms with E-state index in [9.17, 15) is 4.79 Å². The molecule has 0 unspecified atom stereocenters. The van der Waals surface area contributed by atoms with E-state index in [-0.39, 0.29) is 11.8 Å². The third-order valence-electron chi connectivity index (χ3n) is 4.07. The van der Waals surface area contributed by atoms with Crippen LogP contribution < -0.4 is 5.32 Å². The Bertz CT molecular complexity index is 873. The molecular weight excluding hydrogens is 310 g/mol. The van der Waals surface area contributed by atoms with Crippen molar-refractivity contribution < 1.29 is 4.79 Å². The van der Waals surface area contributed by atoms with Crippen molar-refractivity contribution in [1.29, 1.82) is 0 Å². The molecule has 114 valence electrons. The van der Waals surface area contributed by atoms with Crippen LogP contribution in [0.15, 0.2) is 60.8 Å². The smallest absolute Gasteiger partial charge is 0.226 e. The average Bonchev–Trinajstić information content (AvgIpc) is 2.98. The molecule has 5 heteroatoms. The van der Waals surface area contributed by atoms with Gasteiger partial charge in [-0.25, -0.2) is 4.68 Å². The zero-order valence-corrected chi connectivity index (χ0v) is 13.0. The Morgan fingerprint density at radius 1 is 1.13 bits per heavy atom. The molecule has 0 radical (unpaired) electrons. The molecule has 1 aliphatic rings. The van der Waals surface area contributed by atoms with Crippen LogP contribution in [0.1, 0.15) is 23.5 Å². The van der Waals surface area contributed by atoms with Crippen LogP contribution in [0.3, 0.4) is 0 Å². The van der Waals surface area contributed by atoms with Gasteiger partial charge in [0.25, 0.3) is 0 Å². The quantitative estimate of drug-likeness (QED) is 0.775. The third-order valence-corrected chi connectivity index (χ3v) is 4.31. The van der Waals surface area contributed by atoms with E-state index < -0.39 is 0 Å². The molecule has 1 atom stereocenters. The molecule has 4 nitrogen and oxygen atoms in total. The third kappa shape index (κ3) is 2.51. The molecule has 0 saturated heterocycles. The summed E-state index contributed by atoms with van der Waals surface area (Å²) in [5, 5.41) is 8.04. The zero-order chi connectivity index (χ0) is 15.8. The molecule has 1 amide bonds. The second-order valence-corrected chi connectivity index (χ2v) is 5.99. The van der Waals surface area contributed by atoms with Crippen LogP contribution in [0.4, 0.5) is 5.82 Å². The Morgan fingerprint density at radius 3 is 2.74 bits per heavy atom. The van der Waals surface area contributed by atoms with Crippen molar-refractivity contribution in [1.82, 2.24) is 9.78 Å². The van der Waals surface area contributed by atoms with E-state index >= 15 is 0 Å². The maximum absolute atomic E-state index is 12.2. The number of benzene rings is 2. The average molecular weight is 324 g/mol. The molecule has 3 aromatic rings. The highest BCUT2D eigenvalue weighted by molar-refractivity contribution is 6.30. The van der Waals surface area contributed by atoms with Crippen molar-refractivity contribution in [2.24, 2.45) is 0 Å².